The van der Waals surface area contributed by atoms with Gasteiger partial charge in [0.25, 0.3) is 0 Å². The van der Waals surface area contributed by atoms with Crippen molar-refractivity contribution in [3.63, 3.8) is 0 Å². The second kappa shape index (κ2) is 7.96. The van der Waals surface area contributed by atoms with E-state index in [2.05, 4.69) is 31.0 Å². The molecular weight excluding hydrogens is 439 g/mol. The number of imidazole rings is 1. The largest absolute Gasteiger partial charge is 0.373 e. The first-order valence-corrected chi connectivity index (χ1v) is 10.9. The van der Waals surface area contributed by atoms with Crippen molar-refractivity contribution in [2.24, 2.45) is 0 Å². The first-order valence-electron chi connectivity index (χ1n) is 10.9. The van der Waals surface area contributed by atoms with E-state index >= 15 is 0 Å². The molecule has 0 bridgehead atoms. The van der Waals surface area contributed by atoms with Gasteiger partial charge >= 0.3 is 0 Å². The van der Waals surface area contributed by atoms with Crippen LogP contribution in [0.5, 0.6) is 0 Å². The van der Waals surface area contributed by atoms with E-state index in [-0.39, 0.29) is 18.0 Å². The molecule has 172 valence electrons. The van der Waals surface area contributed by atoms with Crippen molar-refractivity contribution in [3.05, 3.63) is 66.1 Å². The van der Waals surface area contributed by atoms with Crippen LogP contribution in [0.1, 0.15) is 24.8 Å². The van der Waals surface area contributed by atoms with E-state index < -0.39 is 12.0 Å². The van der Waals surface area contributed by atoms with E-state index in [4.69, 9.17) is 0 Å². The molecule has 1 amide bonds. The number of hydrogen-bond donors (Lipinski definition) is 4. The van der Waals surface area contributed by atoms with E-state index in [1.165, 1.54) is 6.07 Å². The number of carbonyl (C=O) groups is 1. The maximum atomic E-state index is 14.9. The highest BCUT2D eigenvalue weighted by Gasteiger charge is 2.26. The average Bonchev–Trinajstić information content (AvgIpc) is 3.18. The summed E-state index contributed by atoms with van der Waals surface area (Å²) in [5.41, 5.74) is 2.50. The Morgan fingerprint density at radius 3 is 2.85 bits per heavy atom. The normalized spacial score (nSPS) is 19.1. The summed E-state index contributed by atoms with van der Waals surface area (Å²) in [5, 5.41) is 23.1. The molecule has 1 aliphatic carbocycles. The van der Waals surface area contributed by atoms with Gasteiger partial charge in [0.2, 0.25) is 5.91 Å². The summed E-state index contributed by atoms with van der Waals surface area (Å²) in [6.07, 6.45) is 9.70. The number of rotatable bonds is 6. The van der Waals surface area contributed by atoms with Gasteiger partial charge in [0, 0.05) is 53.8 Å². The van der Waals surface area contributed by atoms with Gasteiger partial charge in [-0.05, 0) is 31.1 Å². The maximum absolute atomic E-state index is 14.9. The molecule has 1 saturated carbocycles. The third-order valence-electron chi connectivity index (χ3n) is 5.78. The Bertz CT molecular complexity index is 1420. The van der Waals surface area contributed by atoms with Crippen LogP contribution in [0.25, 0.3) is 17.4 Å². The minimum atomic E-state index is -0.897. The number of aliphatic hydroxyl groups excluding tert-OH is 1. The molecule has 11 heteroatoms. The van der Waals surface area contributed by atoms with Crippen molar-refractivity contribution >= 4 is 35.0 Å². The smallest absolute Gasteiger partial charge is 0.249 e. The van der Waals surface area contributed by atoms with Crippen molar-refractivity contribution < 1.29 is 14.3 Å². The Morgan fingerprint density at radius 2 is 2.15 bits per heavy atom. The molecule has 10 nitrogen and oxygen atoms in total. The van der Waals surface area contributed by atoms with Gasteiger partial charge in [0.15, 0.2) is 5.65 Å². The SMILES string of the molecule is O=C1NC(O)C/C1=C\c1cnn2c(NC3CC3)cc(Nc3ccc(-n4ccnc4)cc3F)nc12. The molecule has 4 heterocycles. The van der Waals surface area contributed by atoms with E-state index in [0.29, 0.717) is 40.1 Å². The van der Waals surface area contributed by atoms with E-state index in [9.17, 15) is 14.3 Å². The van der Waals surface area contributed by atoms with Crippen LogP contribution < -0.4 is 16.0 Å². The highest BCUT2D eigenvalue weighted by atomic mass is 19.1. The van der Waals surface area contributed by atoms with Gasteiger partial charge in [0.05, 0.1) is 18.2 Å². The molecule has 2 fully saturated rings. The molecule has 0 spiro atoms. The zero-order valence-corrected chi connectivity index (χ0v) is 17.9. The molecule has 1 aromatic carbocycles. The monoisotopic (exact) mass is 460 g/mol. The minimum absolute atomic E-state index is 0.204. The maximum Gasteiger partial charge on any atom is 0.249 e. The number of fused-ring (bicyclic) bond motifs is 1. The van der Waals surface area contributed by atoms with Crippen molar-refractivity contribution in [1.29, 1.82) is 0 Å². The molecule has 1 aliphatic heterocycles. The second-order valence-electron chi connectivity index (χ2n) is 8.40. The molecule has 0 radical (unpaired) electrons. The van der Waals surface area contributed by atoms with Crippen LogP contribution in [-0.2, 0) is 4.79 Å². The fourth-order valence-corrected chi connectivity index (χ4v) is 3.91. The lowest BCUT2D eigenvalue weighted by Crippen LogP contribution is -2.24. The number of aliphatic hydroxyl groups is 1. The highest BCUT2D eigenvalue weighted by molar-refractivity contribution is 6.00. The van der Waals surface area contributed by atoms with Crippen LogP contribution in [0.2, 0.25) is 0 Å². The van der Waals surface area contributed by atoms with Crippen molar-refractivity contribution in [1.82, 2.24) is 29.5 Å². The Morgan fingerprint density at radius 1 is 1.26 bits per heavy atom. The van der Waals surface area contributed by atoms with Crippen molar-refractivity contribution in [3.8, 4) is 5.69 Å². The van der Waals surface area contributed by atoms with Crippen LogP contribution in [-0.4, -0.2) is 47.4 Å². The number of hydrogen-bond acceptors (Lipinski definition) is 7. The van der Waals surface area contributed by atoms with E-state index in [1.54, 1.807) is 58.3 Å². The molecule has 2 aliphatic rings. The lowest BCUT2D eigenvalue weighted by molar-refractivity contribution is -0.117. The zero-order chi connectivity index (χ0) is 23.2. The first-order chi connectivity index (χ1) is 16.5. The predicted molar refractivity (Wildman–Crippen MR) is 123 cm³/mol. The Balaban J connectivity index is 1.37. The number of nitrogens with zero attached hydrogens (tertiary/aromatic N) is 5. The van der Waals surface area contributed by atoms with Gasteiger partial charge in [-0.2, -0.15) is 9.61 Å². The number of aromatic nitrogens is 5. The number of benzene rings is 1. The standard InChI is InChI=1S/C23H21FN8O2/c24-17-9-16(31-6-5-25-12-31)3-4-18(17)28-19-10-20(27-15-1-2-15)32-22(29-19)14(11-26-32)7-13-8-21(33)30-23(13)34/h3-7,9-12,15,21,27,33H,1-2,8H2,(H,28,29)(H,30,34)/b13-7+. The number of halogens is 1. The summed E-state index contributed by atoms with van der Waals surface area (Å²) >= 11 is 0. The van der Waals surface area contributed by atoms with Crippen LogP contribution in [0.4, 0.5) is 21.7 Å². The third-order valence-corrected chi connectivity index (χ3v) is 5.78. The fraction of sp³-hybridized carbons (Fsp3) is 0.217. The van der Waals surface area contributed by atoms with Crippen LogP contribution in [0.15, 0.2) is 54.8 Å². The molecule has 1 atom stereocenters. The van der Waals surface area contributed by atoms with Gasteiger partial charge in [0.1, 0.15) is 23.7 Å². The van der Waals surface area contributed by atoms with E-state index in [1.807, 2.05) is 0 Å². The topological polar surface area (TPSA) is 121 Å². The zero-order valence-electron chi connectivity index (χ0n) is 17.9. The quantitative estimate of drug-likeness (QED) is 0.326. The van der Waals surface area contributed by atoms with Crippen molar-refractivity contribution in [2.75, 3.05) is 10.6 Å². The minimum Gasteiger partial charge on any atom is -0.373 e. The predicted octanol–water partition coefficient (Wildman–Crippen LogP) is 2.59. The van der Waals surface area contributed by atoms with Crippen LogP contribution in [0.3, 0.4) is 0 Å². The lowest BCUT2D eigenvalue weighted by Gasteiger charge is -2.13. The Kier molecular flexibility index (Phi) is 4.77. The first kappa shape index (κ1) is 20.4. The lowest BCUT2D eigenvalue weighted by atomic mass is 10.1. The summed E-state index contributed by atoms with van der Waals surface area (Å²) in [7, 11) is 0. The van der Waals surface area contributed by atoms with Crippen LogP contribution >= 0.6 is 0 Å². The second-order valence-corrected chi connectivity index (χ2v) is 8.40. The number of nitrogens with one attached hydrogen (secondary N) is 3. The Hall–Kier alpha value is -4.25. The summed E-state index contributed by atoms with van der Waals surface area (Å²) in [6.45, 7) is 0. The summed E-state index contributed by atoms with van der Waals surface area (Å²) in [4.78, 5) is 20.7. The summed E-state index contributed by atoms with van der Waals surface area (Å²) in [5.74, 6) is 0.390. The van der Waals surface area contributed by atoms with Crippen molar-refractivity contribution in [2.45, 2.75) is 31.5 Å². The molecule has 34 heavy (non-hydrogen) atoms. The molecule has 4 aromatic rings. The van der Waals surface area contributed by atoms with Gasteiger partial charge in [-0.3, -0.25) is 4.79 Å². The summed E-state index contributed by atoms with van der Waals surface area (Å²) < 4.78 is 18.3. The van der Waals surface area contributed by atoms with E-state index in [0.717, 1.165) is 12.8 Å². The molecule has 1 unspecified atom stereocenters. The summed E-state index contributed by atoms with van der Waals surface area (Å²) in [6, 6.07) is 6.99. The molecular formula is C23H21FN8O2. The molecule has 3 aromatic heterocycles. The van der Waals surface area contributed by atoms with Gasteiger partial charge < -0.3 is 25.6 Å². The van der Waals surface area contributed by atoms with Gasteiger partial charge in [-0.15, -0.1) is 0 Å². The Labute approximate surface area is 193 Å². The highest BCUT2D eigenvalue weighted by Crippen LogP contribution is 2.30. The number of anilines is 3. The number of carbonyl (C=O) groups excluding carboxylic acids is 1. The molecule has 4 N–H and O–H groups in total. The third kappa shape index (κ3) is 3.86. The number of amides is 1. The molecule has 1 saturated heterocycles. The van der Waals surface area contributed by atoms with Gasteiger partial charge in [-0.1, -0.05) is 0 Å². The van der Waals surface area contributed by atoms with Crippen LogP contribution in [0, 0.1) is 5.82 Å². The average molecular weight is 460 g/mol. The fourth-order valence-electron chi connectivity index (χ4n) is 3.91. The molecule has 6 rings (SSSR count). The van der Waals surface area contributed by atoms with Gasteiger partial charge in [-0.25, -0.2) is 14.4 Å².